The van der Waals surface area contributed by atoms with Gasteiger partial charge in [0.05, 0.1) is 18.8 Å². The Morgan fingerprint density at radius 3 is 2.56 bits per heavy atom. The molecule has 3 rings (SSSR count). The molecule has 0 amide bonds. The minimum atomic E-state index is -1.39. The zero-order chi connectivity index (χ0) is 19.9. The molecular weight excluding hydrogens is 358 g/mol. The monoisotopic (exact) mass is 382 g/mol. The van der Waals surface area contributed by atoms with Crippen LogP contribution < -0.4 is 9.80 Å². The van der Waals surface area contributed by atoms with Crippen molar-refractivity contribution < 1.29 is 30.0 Å². The van der Waals surface area contributed by atoms with Crippen molar-refractivity contribution >= 4 is 17.1 Å². The van der Waals surface area contributed by atoms with E-state index < -0.39 is 36.7 Å². The molecule has 3 N–H and O–H groups in total. The molecule has 2 aromatic rings. The first kappa shape index (κ1) is 19.7. The summed E-state index contributed by atoms with van der Waals surface area (Å²) in [6.45, 7) is 6.74. The maximum absolute atomic E-state index is 12.9. The Hall–Kier alpha value is -2.05. The molecule has 1 saturated heterocycles. The molecule has 1 fully saturated rings. The number of anilines is 1. The number of aromatic nitrogens is 4. The van der Waals surface area contributed by atoms with E-state index in [0.29, 0.717) is 11.7 Å². The van der Waals surface area contributed by atoms with Gasteiger partial charge < -0.3 is 24.8 Å². The van der Waals surface area contributed by atoms with Crippen molar-refractivity contribution in [2.24, 2.45) is 0 Å². The summed E-state index contributed by atoms with van der Waals surface area (Å²) >= 11 is 0. The zero-order valence-corrected chi connectivity index (χ0v) is 15.6. The van der Waals surface area contributed by atoms with Crippen LogP contribution in [0.25, 0.3) is 11.2 Å². The van der Waals surface area contributed by atoms with Gasteiger partial charge in [0.25, 0.3) is 0 Å². The SMILES string of the molecule is CCOc1ncnc2c1nc(N([O])C(C)(C)C)n2[C@@H]1O[C@H](CO)[C@@H](O)[C@H]1O. The first-order valence-electron chi connectivity index (χ1n) is 8.66. The van der Waals surface area contributed by atoms with Crippen LogP contribution in [0.15, 0.2) is 6.33 Å². The van der Waals surface area contributed by atoms with Gasteiger partial charge in [0.15, 0.2) is 17.4 Å². The fourth-order valence-electron chi connectivity index (χ4n) is 2.89. The van der Waals surface area contributed by atoms with Crippen molar-refractivity contribution in [3.63, 3.8) is 0 Å². The standard InChI is InChI=1S/C16H24N5O6/c1-5-26-13-9-12(17-7-18-13)20(15(19-9)21(25)16(2,3)4)14-11(24)10(23)8(6-22)27-14/h7-8,10-11,14,22-24H,5-6H2,1-4H3/t8-,10-,11-,14-/m1/s1. The molecule has 0 aromatic carbocycles. The van der Waals surface area contributed by atoms with Gasteiger partial charge >= 0.3 is 0 Å². The fourth-order valence-corrected chi connectivity index (χ4v) is 2.89. The lowest BCUT2D eigenvalue weighted by Gasteiger charge is -2.29. The van der Waals surface area contributed by atoms with Crippen molar-refractivity contribution in [2.75, 3.05) is 18.3 Å². The van der Waals surface area contributed by atoms with Crippen LogP contribution in [0.4, 0.5) is 5.95 Å². The average Bonchev–Trinajstić information content (AvgIpc) is 3.13. The van der Waals surface area contributed by atoms with Crippen molar-refractivity contribution in [1.82, 2.24) is 19.5 Å². The quantitative estimate of drug-likeness (QED) is 0.598. The summed E-state index contributed by atoms with van der Waals surface area (Å²) < 4.78 is 12.4. The number of aliphatic hydroxyl groups excluding tert-OH is 3. The Balaban J connectivity index is 2.21. The van der Waals surface area contributed by atoms with Crippen LogP contribution in [0.2, 0.25) is 0 Å². The second-order valence-corrected chi connectivity index (χ2v) is 7.26. The molecule has 0 spiro atoms. The molecule has 149 valence electrons. The molecule has 0 bridgehead atoms. The Bertz CT molecular complexity index is 806. The first-order valence-corrected chi connectivity index (χ1v) is 8.66. The third-order valence-corrected chi connectivity index (χ3v) is 4.27. The van der Waals surface area contributed by atoms with Gasteiger partial charge in [0.1, 0.15) is 24.6 Å². The van der Waals surface area contributed by atoms with Crippen molar-refractivity contribution in [1.29, 1.82) is 0 Å². The van der Waals surface area contributed by atoms with E-state index in [4.69, 9.17) is 9.47 Å². The molecule has 11 heteroatoms. The van der Waals surface area contributed by atoms with Gasteiger partial charge in [0, 0.05) is 0 Å². The number of rotatable bonds is 5. The predicted octanol–water partition coefficient (Wildman–Crippen LogP) is -0.213. The van der Waals surface area contributed by atoms with Crippen LogP contribution in [0.1, 0.15) is 33.9 Å². The summed E-state index contributed by atoms with van der Waals surface area (Å²) in [5.41, 5.74) is -0.405. The Labute approximate surface area is 155 Å². The molecule has 2 aromatic heterocycles. The predicted molar refractivity (Wildman–Crippen MR) is 92.4 cm³/mol. The fraction of sp³-hybridized carbons (Fsp3) is 0.688. The van der Waals surface area contributed by atoms with E-state index in [1.165, 1.54) is 10.9 Å². The first-order chi connectivity index (χ1) is 12.7. The largest absolute Gasteiger partial charge is 0.476 e. The highest BCUT2D eigenvalue weighted by Gasteiger charge is 2.46. The number of nitrogens with zero attached hydrogens (tertiary/aromatic N) is 5. The van der Waals surface area contributed by atoms with Gasteiger partial charge in [-0.05, 0) is 27.7 Å². The van der Waals surface area contributed by atoms with Crippen LogP contribution in [0, 0.1) is 0 Å². The van der Waals surface area contributed by atoms with Crippen LogP contribution in [0.5, 0.6) is 5.88 Å². The lowest BCUT2D eigenvalue weighted by molar-refractivity contribution is -0.0525. The third kappa shape index (κ3) is 3.32. The minimum Gasteiger partial charge on any atom is -0.476 e. The van der Waals surface area contributed by atoms with Gasteiger partial charge in [0.2, 0.25) is 11.8 Å². The van der Waals surface area contributed by atoms with Crippen LogP contribution in [0.3, 0.4) is 0 Å². The number of ether oxygens (including phenoxy) is 2. The topological polar surface area (TPSA) is 146 Å². The second-order valence-electron chi connectivity index (χ2n) is 7.26. The summed E-state index contributed by atoms with van der Waals surface area (Å²) in [7, 11) is 0. The molecule has 0 saturated carbocycles. The summed E-state index contributed by atoms with van der Waals surface area (Å²) in [6, 6.07) is 0. The minimum absolute atomic E-state index is 0.0752. The van der Waals surface area contributed by atoms with Crippen LogP contribution >= 0.6 is 0 Å². The van der Waals surface area contributed by atoms with Gasteiger partial charge in [-0.25, -0.2) is 9.97 Å². The van der Waals surface area contributed by atoms with Crippen molar-refractivity contribution in [2.45, 2.75) is 57.8 Å². The van der Waals surface area contributed by atoms with Crippen LogP contribution in [-0.2, 0) is 9.94 Å². The lowest BCUT2D eigenvalue weighted by atomic mass is 10.1. The summed E-state index contributed by atoms with van der Waals surface area (Å²) in [5, 5.41) is 43.5. The lowest BCUT2D eigenvalue weighted by Crippen LogP contribution is -2.40. The highest BCUT2D eigenvalue weighted by molar-refractivity contribution is 5.79. The molecule has 11 nitrogen and oxygen atoms in total. The number of hydroxylamine groups is 1. The van der Waals surface area contributed by atoms with E-state index in [0.717, 1.165) is 0 Å². The summed E-state index contributed by atoms with van der Waals surface area (Å²) in [4.78, 5) is 12.6. The molecule has 1 aliphatic rings. The van der Waals surface area contributed by atoms with E-state index in [2.05, 4.69) is 15.0 Å². The van der Waals surface area contributed by atoms with E-state index in [-0.39, 0.29) is 23.0 Å². The third-order valence-electron chi connectivity index (χ3n) is 4.27. The van der Waals surface area contributed by atoms with Crippen molar-refractivity contribution in [3.8, 4) is 5.88 Å². The number of hydrogen-bond acceptors (Lipinski definition) is 9. The Morgan fingerprint density at radius 1 is 1.30 bits per heavy atom. The van der Waals surface area contributed by atoms with Gasteiger partial charge in [-0.1, -0.05) is 5.21 Å². The Morgan fingerprint density at radius 2 is 2.00 bits per heavy atom. The van der Waals surface area contributed by atoms with E-state index in [1.54, 1.807) is 27.7 Å². The number of fused-ring (bicyclic) bond motifs is 1. The summed E-state index contributed by atoms with van der Waals surface area (Å²) in [6.07, 6.45) is -3.63. The molecule has 0 aliphatic carbocycles. The molecule has 27 heavy (non-hydrogen) atoms. The number of imidazole rings is 1. The number of aliphatic hydroxyl groups is 3. The molecular formula is C16H24N5O6. The van der Waals surface area contributed by atoms with E-state index in [1.807, 2.05) is 0 Å². The summed E-state index contributed by atoms with van der Waals surface area (Å²) in [5.74, 6) is 0.116. The molecule has 4 atom stereocenters. The van der Waals surface area contributed by atoms with Gasteiger partial charge in [-0.15, -0.1) is 0 Å². The van der Waals surface area contributed by atoms with Crippen molar-refractivity contribution in [3.05, 3.63) is 6.33 Å². The normalized spacial score (nSPS) is 25.9. The Kier molecular flexibility index (Phi) is 5.23. The van der Waals surface area contributed by atoms with E-state index >= 15 is 0 Å². The maximum atomic E-state index is 12.9. The smallest absolute Gasteiger partial charge is 0.245 e. The van der Waals surface area contributed by atoms with Crippen LogP contribution in [-0.4, -0.2) is 71.9 Å². The highest BCUT2D eigenvalue weighted by Crippen LogP contribution is 2.38. The average molecular weight is 382 g/mol. The number of hydrogen-bond donors (Lipinski definition) is 3. The molecule has 3 heterocycles. The zero-order valence-electron chi connectivity index (χ0n) is 15.6. The van der Waals surface area contributed by atoms with Gasteiger partial charge in [-0.2, -0.15) is 10.0 Å². The second kappa shape index (κ2) is 7.17. The maximum Gasteiger partial charge on any atom is 0.245 e. The van der Waals surface area contributed by atoms with E-state index in [9.17, 15) is 20.5 Å². The molecule has 1 aliphatic heterocycles. The molecule has 1 radical (unpaired) electrons. The molecule has 0 unspecified atom stereocenters. The highest BCUT2D eigenvalue weighted by atomic mass is 16.6. The van der Waals surface area contributed by atoms with Gasteiger partial charge in [-0.3, -0.25) is 4.57 Å².